The molecule has 0 atom stereocenters. The maximum atomic E-state index is 10.8. The van der Waals surface area contributed by atoms with E-state index in [0.717, 1.165) is 27.2 Å². The fourth-order valence-corrected chi connectivity index (χ4v) is 3.21. The van der Waals surface area contributed by atoms with Crippen molar-refractivity contribution in [2.45, 2.75) is 13.8 Å². The summed E-state index contributed by atoms with van der Waals surface area (Å²) < 4.78 is 8.65. The number of aromatic nitrogens is 5. The van der Waals surface area contributed by atoms with Gasteiger partial charge in [0.1, 0.15) is 17.3 Å². The molecule has 1 N–H and O–H groups in total. The van der Waals surface area contributed by atoms with E-state index < -0.39 is 0 Å². The minimum atomic E-state index is 0.406. The first-order chi connectivity index (χ1) is 12.5. The predicted octanol–water partition coefficient (Wildman–Crippen LogP) is 3.36. The Bertz CT molecular complexity index is 1110. The number of fused-ring (bicyclic) bond motifs is 1. The third kappa shape index (κ3) is 2.32. The standard InChI is InChI=1S/C19H19N5O2/c1-11-18(13-6-5-7-20-10-13)24(25)19(21-11)14-8-15-16(9-17(14)26-4)23(3)12(2)22-15/h5-10,25H,1-4H3. The van der Waals surface area contributed by atoms with Crippen LogP contribution >= 0.6 is 0 Å². The van der Waals surface area contributed by atoms with Gasteiger partial charge in [0, 0.05) is 31.1 Å². The molecule has 0 fully saturated rings. The SMILES string of the molecule is COc1cc2c(cc1-c1nc(C)c(-c3cccnc3)n1O)nc(C)n2C. The Morgan fingerprint density at radius 2 is 1.96 bits per heavy atom. The Morgan fingerprint density at radius 1 is 1.15 bits per heavy atom. The normalized spacial score (nSPS) is 11.2. The highest BCUT2D eigenvalue weighted by molar-refractivity contribution is 5.86. The van der Waals surface area contributed by atoms with Crippen LogP contribution in [0, 0.1) is 13.8 Å². The van der Waals surface area contributed by atoms with Crippen molar-refractivity contribution in [2.75, 3.05) is 7.11 Å². The Kier molecular flexibility index (Phi) is 3.64. The molecule has 7 heteroatoms. The molecule has 0 saturated heterocycles. The van der Waals surface area contributed by atoms with Gasteiger partial charge in [-0.1, -0.05) is 0 Å². The van der Waals surface area contributed by atoms with Gasteiger partial charge in [-0.2, -0.15) is 4.73 Å². The second kappa shape index (κ2) is 5.87. The number of hydrogen-bond acceptors (Lipinski definition) is 5. The van der Waals surface area contributed by atoms with Gasteiger partial charge in [-0.15, -0.1) is 0 Å². The first kappa shape index (κ1) is 16.1. The molecule has 0 unspecified atom stereocenters. The first-order valence-corrected chi connectivity index (χ1v) is 8.21. The zero-order valence-corrected chi connectivity index (χ0v) is 15.1. The summed E-state index contributed by atoms with van der Waals surface area (Å²) in [5.41, 5.74) is 4.56. The number of imidazole rings is 2. The Balaban J connectivity index is 1.96. The van der Waals surface area contributed by atoms with Crippen LogP contribution in [0.3, 0.4) is 0 Å². The van der Waals surface area contributed by atoms with Gasteiger partial charge in [0.05, 0.1) is 29.4 Å². The van der Waals surface area contributed by atoms with Gasteiger partial charge in [-0.05, 0) is 32.0 Å². The van der Waals surface area contributed by atoms with Crippen LogP contribution in [0.25, 0.3) is 33.7 Å². The molecule has 3 aromatic heterocycles. The van der Waals surface area contributed by atoms with Gasteiger partial charge in [0.25, 0.3) is 0 Å². The van der Waals surface area contributed by atoms with E-state index in [1.54, 1.807) is 19.5 Å². The topological polar surface area (TPSA) is 78.0 Å². The lowest BCUT2D eigenvalue weighted by Crippen LogP contribution is -1.99. The summed E-state index contributed by atoms with van der Waals surface area (Å²) in [7, 11) is 3.56. The lowest BCUT2D eigenvalue weighted by atomic mass is 10.1. The molecule has 3 heterocycles. The summed E-state index contributed by atoms with van der Waals surface area (Å²) in [5.74, 6) is 1.93. The summed E-state index contributed by atoms with van der Waals surface area (Å²) in [6, 6.07) is 7.52. The largest absolute Gasteiger partial charge is 0.496 e. The third-order valence-electron chi connectivity index (χ3n) is 4.63. The van der Waals surface area contributed by atoms with Gasteiger partial charge in [0.2, 0.25) is 0 Å². The number of benzene rings is 1. The average Bonchev–Trinajstić information content (AvgIpc) is 3.10. The van der Waals surface area contributed by atoms with E-state index in [1.807, 2.05) is 49.7 Å². The number of nitrogens with zero attached hydrogens (tertiary/aromatic N) is 5. The van der Waals surface area contributed by atoms with Crippen LogP contribution < -0.4 is 4.74 Å². The fourth-order valence-electron chi connectivity index (χ4n) is 3.21. The second-order valence-corrected chi connectivity index (χ2v) is 6.18. The summed E-state index contributed by atoms with van der Waals surface area (Å²) in [6.07, 6.45) is 3.39. The number of rotatable bonds is 3. The molecule has 4 aromatic rings. The van der Waals surface area contributed by atoms with Crippen LogP contribution in [0.15, 0.2) is 36.7 Å². The van der Waals surface area contributed by atoms with E-state index in [-0.39, 0.29) is 0 Å². The molecule has 0 bridgehead atoms. The van der Waals surface area contributed by atoms with Crippen LogP contribution in [-0.2, 0) is 7.05 Å². The highest BCUT2D eigenvalue weighted by Crippen LogP contribution is 2.36. The lowest BCUT2D eigenvalue weighted by Gasteiger charge is -2.09. The average molecular weight is 349 g/mol. The minimum Gasteiger partial charge on any atom is -0.496 e. The van der Waals surface area contributed by atoms with Crippen molar-refractivity contribution in [3.63, 3.8) is 0 Å². The molecule has 0 spiro atoms. The van der Waals surface area contributed by atoms with Crippen molar-refractivity contribution in [3.05, 3.63) is 48.2 Å². The van der Waals surface area contributed by atoms with Crippen molar-refractivity contribution < 1.29 is 9.94 Å². The van der Waals surface area contributed by atoms with Crippen molar-refractivity contribution in [3.8, 4) is 28.4 Å². The maximum absolute atomic E-state index is 10.8. The van der Waals surface area contributed by atoms with E-state index in [4.69, 9.17) is 4.74 Å². The van der Waals surface area contributed by atoms with Gasteiger partial charge < -0.3 is 14.5 Å². The fraction of sp³-hybridized carbons (Fsp3) is 0.211. The molecule has 132 valence electrons. The molecule has 7 nitrogen and oxygen atoms in total. The number of methoxy groups -OCH3 is 1. The quantitative estimate of drug-likeness (QED) is 0.574. The van der Waals surface area contributed by atoms with Crippen molar-refractivity contribution in [1.82, 2.24) is 24.2 Å². The number of aryl methyl sites for hydroxylation is 3. The summed E-state index contributed by atoms with van der Waals surface area (Å²) in [4.78, 5) is 13.3. The van der Waals surface area contributed by atoms with Gasteiger partial charge in [-0.25, -0.2) is 9.97 Å². The van der Waals surface area contributed by atoms with Gasteiger partial charge in [0.15, 0.2) is 5.82 Å². The zero-order valence-electron chi connectivity index (χ0n) is 15.1. The maximum Gasteiger partial charge on any atom is 0.180 e. The molecule has 0 aliphatic carbocycles. The molecule has 1 aromatic carbocycles. The Morgan fingerprint density at radius 3 is 2.65 bits per heavy atom. The molecule has 0 aliphatic rings. The monoisotopic (exact) mass is 349 g/mol. The van der Waals surface area contributed by atoms with Crippen molar-refractivity contribution in [2.24, 2.45) is 7.05 Å². The van der Waals surface area contributed by atoms with E-state index in [9.17, 15) is 5.21 Å². The summed E-state index contributed by atoms with van der Waals surface area (Å²) in [5, 5.41) is 10.8. The molecule has 0 radical (unpaired) electrons. The number of pyridine rings is 1. The third-order valence-corrected chi connectivity index (χ3v) is 4.63. The van der Waals surface area contributed by atoms with E-state index >= 15 is 0 Å². The smallest absolute Gasteiger partial charge is 0.180 e. The molecule has 0 aliphatic heterocycles. The lowest BCUT2D eigenvalue weighted by molar-refractivity contribution is 0.195. The molecule has 4 rings (SSSR count). The van der Waals surface area contributed by atoms with Gasteiger partial charge in [-0.3, -0.25) is 4.98 Å². The van der Waals surface area contributed by atoms with Crippen LogP contribution in [0.5, 0.6) is 5.75 Å². The zero-order chi connectivity index (χ0) is 18.4. The molecule has 0 saturated carbocycles. The Hall–Kier alpha value is -3.35. The highest BCUT2D eigenvalue weighted by Gasteiger charge is 2.21. The van der Waals surface area contributed by atoms with Crippen molar-refractivity contribution >= 4 is 11.0 Å². The first-order valence-electron chi connectivity index (χ1n) is 8.21. The van der Waals surface area contributed by atoms with E-state index in [0.29, 0.717) is 28.5 Å². The van der Waals surface area contributed by atoms with E-state index in [2.05, 4.69) is 15.0 Å². The number of ether oxygens (including phenoxy) is 1. The molecule has 26 heavy (non-hydrogen) atoms. The Labute approximate surface area is 150 Å². The highest BCUT2D eigenvalue weighted by atomic mass is 16.5. The van der Waals surface area contributed by atoms with Gasteiger partial charge >= 0.3 is 0 Å². The molecule has 0 amide bonds. The second-order valence-electron chi connectivity index (χ2n) is 6.18. The van der Waals surface area contributed by atoms with Crippen molar-refractivity contribution in [1.29, 1.82) is 0 Å². The number of hydrogen-bond donors (Lipinski definition) is 1. The van der Waals surface area contributed by atoms with Crippen LogP contribution in [0.2, 0.25) is 0 Å². The molecular weight excluding hydrogens is 330 g/mol. The minimum absolute atomic E-state index is 0.406. The summed E-state index contributed by atoms with van der Waals surface area (Å²) >= 11 is 0. The van der Waals surface area contributed by atoms with Crippen LogP contribution in [0.1, 0.15) is 11.5 Å². The van der Waals surface area contributed by atoms with Crippen LogP contribution in [0.4, 0.5) is 0 Å². The van der Waals surface area contributed by atoms with Crippen LogP contribution in [-0.4, -0.2) is 36.6 Å². The molecular formula is C19H19N5O2. The predicted molar refractivity (Wildman–Crippen MR) is 98.4 cm³/mol. The summed E-state index contributed by atoms with van der Waals surface area (Å²) in [6.45, 7) is 3.80. The van der Waals surface area contributed by atoms with E-state index in [1.165, 1.54) is 0 Å².